The van der Waals surface area contributed by atoms with Crippen LogP contribution < -0.4 is 16.2 Å². The zero-order valence-electron chi connectivity index (χ0n) is 12.7. The minimum absolute atomic E-state index is 0.658. The van der Waals surface area contributed by atoms with E-state index < -0.39 is 0 Å². The van der Waals surface area contributed by atoms with Crippen molar-refractivity contribution in [3.05, 3.63) is 29.8 Å². The first-order valence-electron chi connectivity index (χ1n) is 7.14. The van der Waals surface area contributed by atoms with Crippen molar-refractivity contribution in [2.75, 3.05) is 31.7 Å². The summed E-state index contributed by atoms with van der Waals surface area (Å²) in [4.78, 5) is 6.40. The molecule has 112 valence electrons. The molecule has 0 saturated carbocycles. The average Bonchev–Trinajstić information content (AvgIpc) is 2.50. The summed E-state index contributed by atoms with van der Waals surface area (Å²) in [6.07, 6.45) is 1.93. The van der Waals surface area contributed by atoms with E-state index >= 15 is 0 Å². The third kappa shape index (κ3) is 5.19. The molecule has 0 amide bonds. The van der Waals surface area contributed by atoms with Gasteiger partial charge in [0.25, 0.3) is 0 Å². The number of guanidine groups is 1. The fourth-order valence-electron chi connectivity index (χ4n) is 1.82. The van der Waals surface area contributed by atoms with Gasteiger partial charge in [0.2, 0.25) is 5.96 Å². The standard InChI is InChI=1S/C15H26N4O/c1-4-13-7-9-14(10-8-13)19(3)15(18-16)17-11-6-12-20-5-2/h7-10H,4-6,11-12,16H2,1-3H3,(H,17,18). The maximum absolute atomic E-state index is 5.55. The molecule has 20 heavy (non-hydrogen) atoms. The summed E-state index contributed by atoms with van der Waals surface area (Å²) in [5.74, 6) is 6.21. The number of hydrazine groups is 1. The summed E-state index contributed by atoms with van der Waals surface area (Å²) in [5.41, 5.74) is 5.03. The van der Waals surface area contributed by atoms with Gasteiger partial charge in [-0.2, -0.15) is 0 Å². The van der Waals surface area contributed by atoms with E-state index in [1.165, 1.54) is 5.56 Å². The van der Waals surface area contributed by atoms with E-state index in [2.05, 4.69) is 41.6 Å². The van der Waals surface area contributed by atoms with Crippen molar-refractivity contribution in [2.45, 2.75) is 26.7 Å². The predicted molar refractivity (Wildman–Crippen MR) is 85.0 cm³/mol. The third-order valence-electron chi connectivity index (χ3n) is 3.09. The molecule has 0 aliphatic rings. The molecular formula is C15H26N4O. The molecule has 1 aromatic rings. The first-order chi connectivity index (χ1) is 9.72. The molecule has 5 heteroatoms. The summed E-state index contributed by atoms with van der Waals surface area (Å²) in [7, 11) is 1.95. The number of nitrogens with one attached hydrogen (secondary N) is 1. The summed E-state index contributed by atoms with van der Waals surface area (Å²) in [6.45, 7) is 6.30. The lowest BCUT2D eigenvalue weighted by Gasteiger charge is -2.21. The van der Waals surface area contributed by atoms with Crippen LogP contribution >= 0.6 is 0 Å². The number of hydrogen-bond donors (Lipinski definition) is 2. The van der Waals surface area contributed by atoms with Gasteiger partial charge in [0.15, 0.2) is 0 Å². The molecular weight excluding hydrogens is 252 g/mol. The van der Waals surface area contributed by atoms with E-state index in [-0.39, 0.29) is 0 Å². The quantitative estimate of drug-likeness (QED) is 0.263. The molecule has 5 nitrogen and oxygen atoms in total. The van der Waals surface area contributed by atoms with Crippen LogP contribution in [0.4, 0.5) is 5.69 Å². The highest BCUT2D eigenvalue weighted by atomic mass is 16.5. The molecule has 0 heterocycles. The first-order valence-corrected chi connectivity index (χ1v) is 7.14. The summed E-state index contributed by atoms with van der Waals surface area (Å²) < 4.78 is 5.29. The van der Waals surface area contributed by atoms with Crippen LogP contribution in [0.25, 0.3) is 0 Å². The molecule has 0 unspecified atom stereocenters. The van der Waals surface area contributed by atoms with Crippen LogP contribution in [0.5, 0.6) is 0 Å². The molecule has 0 fully saturated rings. The molecule has 1 rings (SSSR count). The van der Waals surface area contributed by atoms with Gasteiger partial charge in [0.05, 0.1) is 0 Å². The maximum Gasteiger partial charge on any atom is 0.212 e. The van der Waals surface area contributed by atoms with E-state index in [1.54, 1.807) is 0 Å². The number of hydrogen-bond acceptors (Lipinski definition) is 3. The van der Waals surface area contributed by atoms with Crippen molar-refractivity contribution in [1.82, 2.24) is 5.43 Å². The maximum atomic E-state index is 5.55. The SMILES string of the molecule is CCOCCCN=C(NN)N(C)c1ccc(CC)cc1. The van der Waals surface area contributed by atoms with Gasteiger partial charge in [0.1, 0.15) is 0 Å². The Kier molecular flexibility index (Phi) is 7.69. The van der Waals surface area contributed by atoms with Gasteiger partial charge in [0, 0.05) is 32.5 Å². The normalized spacial score (nSPS) is 11.5. The van der Waals surface area contributed by atoms with Gasteiger partial charge in [-0.3, -0.25) is 10.4 Å². The van der Waals surface area contributed by atoms with E-state index in [4.69, 9.17) is 10.6 Å². The van der Waals surface area contributed by atoms with E-state index in [9.17, 15) is 0 Å². The predicted octanol–water partition coefficient (Wildman–Crippen LogP) is 1.93. The van der Waals surface area contributed by atoms with Crippen molar-refractivity contribution in [2.24, 2.45) is 10.8 Å². The molecule has 0 bridgehead atoms. The van der Waals surface area contributed by atoms with Crippen molar-refractivity contribution in [3.8, 4) is 0 Å². The fraction of sp³-hybridized carbons (Fsp3) is 0.533. The number of aliphatic imine (C=N–C) groups is 1. The Morgan fingerprint density at radius 2 is 2.00 bits per heavy atom. The topological polar surface area (TPSA) is 62.9 Å². The number of anilines is 1. The fourth-order valence-corrected chi connectivity index (χ4v) is 1.82. The second-order valence-electron chi connectivity index (χ2n) is 4.48. The van der Waals surface area contributed by atoms with Crippen molar-refractivity contribution in [1.29, 1.82) is 0 Å². The molecule has 3 N–H and O–H groups in total. The van der Waals surface area contributed by atoms with Crippen LogP contribution in [0.15, 0.2) is 29.3 Å². The first kappa shape index (κ1) is 16.5. The molecule has 0 aromatic heterocycles. The van der Waals surface area contributed by atoms with Gasteiger partial charge >= 0.3 is 0 Å². The molecule has 0 radical (unpaired) electrons. The van der Waals surface area contributed by atoms with E-state index in [0.717, 1.165) is 31.7 Å². The molecule has 0 spiro atoms. The third-order valence-corrected chi connectivity index (χ3v) is 3.09. The molecule has 0 aliphatic carbocycles. The minimum Gasteiger partial charge on any atom is -0.382 e. The van der Waals surface area contributed by atoms with Gasteiger partial charge in [-0.1, -0.05) is 19.1 Å². The summed E-state index contributed by atoms with van der Waals surface area (Å²) in [6, 6.07) is 8.39. The Hall–Kier alpha value is -1.59. The lowest BCUT2D eigenvalue weighted by atomic mass is 10.1. The Bertz CT molecular complexity index is 403. The highest BCUT2D eigenvalue weighted by Gasteiger charge is 2.06. The van der Waals surface area contributed by atoms with Gasteiger partial charge < -0.3 is 9.64 Å². The lowest BCUT2D eigenvalue weighted by molar-refractivity contribution is 0.146. The number of aryl methyl sites for hydroxylation is 1. The molecule has 0 saturated heterocycles. The van der Waals surface area contributed by atoms with Crippen LogP contribution in [0.1, 0.15) is 25.8 Å². The minimum atomic E-state index is 0.658. The van der Waals surface area contributed by atoms with Crippen LogP contribution in [-0.2, 0) is 11.2 Å². The highest BCUT2D eigenvalue weighted by Crippen LogP contribution is 2.14. The smallest absolute Gasteiger partial charge is 0.212 e. The zero-order chi connectivity index (χ0) is 14.8. The van der Waals surface area contributed by atoms with Crippen molar-refractivity contribution < 1.29 is 4.74 Å². The van der Waals surface area contributed by atoms with Gasteiger partial charge in [-0.05, 0) is 37.5 Å². The number of rotatable bonds is 7. The molecule has 1 aromatic carbocycles. The van der Waals surface area contributed by atoms with Crippen LogP contribution in [0, 0.1) is 0 Å². The zero-order valence-corrected chi connectivity index (χ0v) is 12.7. The largest absolute Gasteiger partial charge is 0.382 e. The second kappa shape index (κ2) is 9.34. The Balaban J connectivity index is 2.60. The monoisotopic (exact) mass is 278 g/mol. The number of ether oxygens (including phenoxy) is 1. The Morgan fingerprint density at radius 1 is 1.30 bits per heavy atom. The molecule has 0 atom stereocenters. The van der Waals surface area contributed by atoms with Crippen LogP contribution in [0.2, 0.25) is 0 Å². The molecule has 0 aliphatic heterocycles. The summed E-state index contributed by atoms with van der Waals surface area (Å²) >= 11 is 0. The highest BCUT2D eigenvalue weighted by molar-refractivity contribution is 5.95. The van der Waals surface area contributed by atoms with Gasteiger partial charge in [-0.25, -0.2) is 5.84 Å². The average molecular weight is 278 g/mol. The van der Waals surface area contributed by atoms with Crippen LogP contribution in [-0.4, -0.2) is 32.8 Å². The lowest BCUT2D eigenvalue weighted by Crippen LogP contribution is -2.43. The van der Waals surface area contributed by atoms with Crippen molar-refractivity contribution >= 4 is 11.6 Å². The Morgan fingerprint density at radius 3 is 2.55 bits per heavy atom. The number of nitrogens with zero attached hydrogens (tertiary/aromatic N) is 2. The van der Waals surface area contributed by atoms with E-state index in [0.29, 0.717) is 12.5 Å². The Labute approximate surface area is 121 Å². The number of benzene rings is 1. The summed E-state index contributed by atoms with van der Waals surface area (Å²) in [5, 5.41) is 0. The van der Waals surface area contributed by atoms with Crippen molar-refractivity contribution in [3.63, 3.8) is 0 Å². The van der Waals surface area contributed by atoms with Gasteiger partial charge in [-0.15, -0.1) is 0 Å². The number of nitrogens with two attached hydrogens (primary N) is 1. The second-order valence-corrected chi connectivity index (χ2v) is 4.48. The van der Waals surface area contributed by atoms with E-state index in [1.807, 2.05) is 18.9 Å². The van der Waals surface area contributed by atoms with Crippen LogP contribution in [0.3, 0.4) is 0 Å².